The number of halogens is 1. The lowest BCUT2D eigenvalue weighted by Gasteiger charge is -2.47. The Labute approximate surface area is 204 Å². The van der Waals surface area contributed by atoms with Gasteiger partial charge in [0.05, 0.1) is 23.8 Å². The Hall–Kier alpha value is -2.36. The van der Waals surface area contributed by atoms with Crippen molar-refractivity contribution >= 4 is 23.2 Å². The summed E-state index contributed by atoms with van der Waals surface area (Å²) in [6.07, 6.45) is 2.12. The van der Waals surface area contributed by atoms with Gasteiger partial charge in [0.1, 0.15) is 11.5 Å². The van der Waals surface area contributed by atoms with Crippen LogP contribution in [0, 0.1) is 5.82 Å². The van der Waals surface area contributed by atoms with E-state index in [0.717, 1.165) is 36.5 Å². The van der Waals surface area contributed by atoms with Gasteiger partial charge in [0, 0.05) is 43.9 Å². The average molecular weight is 489 g/mol. The Morgan fingerprint density at radius 1 is 1.26 bits per heavy atom. The van der Waals surface area contributed by atoms with Crippen molar-refractivity contribution in [3.05, 3.63) is 51.2 Å². The van der Waals surface area contributed by atoms with Gasteiger partial charge in [0.2, 0.25) is 5.91 Å². The van der Waals surface area contributed by atoms with E-state index in [9.17, 15) is 14.0 Å². The number of hydrogen-bond acceptors (Lipinski definition) is 6. The summed E-state index contributed by atoms with van der Waals surface area (Å²) in [6, 6.07) is 5.09. The van der Waals surface area contributed by atoms with E-state index in [1.807, 2.05) is 16.3 Å². The number of aromatic nitrogens is 1. The highest BCUT2D eigenvalue weighted by atomic mass is 32.1. The van der Waals surface area contributed by atoms with Gasteiger partial charge in [-0.2, -0.15) is 0 Å². The highest BCUT2D eigenvalue weighted by Gasteiger charge is 2.41. The molecule has 2 aromatic rings. The van der Waals surface area contributed by atoms with Crippen LogP contribution < -0.4 is 5.73 Å². The third kappa shape index (κ3) is 5.82. The first kappa shape index (κ1) is 24.8. The minimum absolute atomic E-state index is 0.0111. The summed E-state index contributed by atoms with van der Waals surface area (Å²) in [5, 5.41) is 2.85. The number of nitrogens with zero attached hydrogens (tertiary/aromatic N) is 3. The van der Waals surface area contributed by atoms with Crippen LogP contribution in [0.1, 0.15) is 65.7 Å². The molecule has 184 valence electrons. The number of thiazole rings is 1. The molecule has 34 heavy (non-hydrogen) atoms. The number of carbonyl (C=O) groups excluding carboxylic acids is 2. The lowest BCUT2D eigenvalue weighted by Crippen LogP contribution is -2.58. The fourth-order valence-corrected chi connectivity index (χ4v) is 5.50. The van der Waals surface area contributed by atoms with E-state index in [1.165, 1.54) is 6.07 Å². The number of ether oxygens (including phenoxy) is 1. The van der Waals surface area contributed by atoms with Gasteiger partial charge in [0.25, 0.3) is 5.91 Å². The SMILES string of the molecule is CC(C)c1nc(C(=O)N2CCOC3(CCN(Cc4ccc(F)c(CCC(N)=O)c4)CC3)C2)cs1. The van der Waals surface area contributed by atoms with Crippen molar-refractivity contribution < 1.29 is 18.7 Å². The van der Waals surface area contributed by atoms with Gasteiger partial charge in [-0.05, 0) is 36.5 Å². The maximum atomic E-state index is 14.1. The molecule has 2 N–H and O–H groups in total. The summed E-state index contributed by atoms with van der Waals surface area (Å²) in [6.45, 7) is 8.25. The normalized spacial score (nSPS) is 18.5. The quantitative estimate of drug-likeness (QED) is 0.646. The van der Waals surface area contributed by atoms with Crippen molar-refractivity contribution in [2.45, 2.75) is 57.6 Å². The number of piperidine rings is 1. The lowest BCUT2D eigenvalue weighted by molar-refractivity contribution is -0.128. The molecule has 1 spiro atoms. The third-order valence-electron chi connectivity index (χ3n) is 6.69. The van der Waals surface area contributed by atoms with Gasteiger partial charge in [-0.25, -0.2) is 9.37 Å². The van der Waals surface area contributed by atoms with Crippen LogP contribution in [0.25, 0.3) is 0 Å². The van der Waals surface area contributed by atoms with Crippen LogP contribution in [0.3, 0.4) is 0 Å². The Bertz CT molecular complexity index is 1030. The van der Waals surface area contributed by atoms with Crippen LogP contribution >= 0.6 is 11.3 Å². The van der Waals surface area contributed by atoms with Gasteiger partial charge in [-0.3, -0.25) is 14.5 Å². The number of likely N-dealkylation sites (tertiary alicyclic amines) is 1. The van der Waals surface area contributed by atoms with Crippen molar-refractivity contribution in [1.29, 1.82) is 0 Å². The molecule has 0 bridgehead atoms. The number of aryl methyl sites for hydroxylation is 1. The molecule has 2 saturated heterocycles. The van der Waals surface area contributed by atoms with Crippen LogP contribution in [0.15, 0.2) is 23.6 Å². The van der Waals surface area contributed by atoms with E-state index in [0.29, 0.717) is 49.8 Å². The summed E-state index contributed by atoms with van der Waals surface area (Å²) < 4.78 is 20.3. The number of hydrogen-bond donors (Lipinski definition) is 1. The topological polar surface area (TPSA) is 88.8 Å². The first-order valence-corrected chi connectivity index (χ1v) is 12.8. The maximum absolute atomic E-state index is 14.1. The summed E-state index contributed by atoms with van der Waals surface area (Å²) in [4.78, 5) is 32.9. The second-order valence-corrected chi connectivity index (χ2v) is 10.5. The molecule has 2 fully saturated rings. The predicted molar refractivity (Wildman–Crippen MR) is 129 cm³/mol. The van der Waals surface area contributed by atoms with Gasteiger partial charge in [0.15, 0.2) is 0 Å². The number of amides is 2. The van der Waals surface area contributed by atoms with Crippen LogP contribution in [-0.2, 0) is 22.5 Å². The van der Waals surface area contributed by atoms with Crippen molar-refractivity contribution in [2.24, 2.45) is 5.73 Å². The fraction of sp³-hybridized carbons (Fsp3) is 0.560. The van der Waals surface area contributed by atoms with Crippen molar-refractivity contribution in [3.8, 4) is 0 Å². The van der Waals surface area contributed by atoms with Crippen LogP contribution in [0.2, 0.25) is 0 Å². The largest absolute Gasteiger partial charge is 0.371 e. The van der Waals surface area contributed by atoms with Gasteiger partial charge >= 0.3 is 0 Å². The second-order valence-electron chi connectivity index (χ2n) is 9.65. The summed E-state index contributed by atoms with van der Waals surface area (Å²) in [7, 11) is 0. The zero-order chi connectivity index (χ0) is 24.3. The molecule has 9 heteroatoms. The Kier molecular flexibility index (Phi) is 7.64. The maximum Gasteiger partial charge on any atom is 0.273 e. The molecule has 1 aromatic carbocycles. The molecule has 0 radical (unpaired) electrons. The molecule has 0 atom stereocenters. The number of rotatable bonds is 7. The summed E-state index contributed by atoms with van der Waals surface area (Å²) >= 11 is 1.54. The number of carbonyl (C=O) groups is 2. The minimum Gasteiger partial charge on any atom is -0.371 e. The highest BCUT2D eigenvalue weighted by molar-refractivity contribution is 7.09. The molecule has 0 unspecified atom stereocenters. The highest BCUT2D eigenvalue weighted by Crippen LogP contribution is 2.32. The van der Waals surface area contributed by atoms with E-state index < -0.39 is 5.91 Å². The Balaban J connectivity index is 1.34. The van der Waals surface area contributed by atoms with E-state index in [1.54, 1.807) is 17.4 Å². The molecular formula is C25H33FN4O3S. The van der Waals surface area contributed by atoms with E-state index in [2.05, 4.69) is 23.7 Å². The van der Waals surface area contributed by atoms with Gasteiger partial charge in [-0.15, -0.1) is 11.3 Å². The minimum atomic E-state index is -0.429. The average Bonchev–Trinajstić information content (AvgIpc) is 3.31. The molecule has 2 aliphatic rings. The number of morpholine rings is 1. The van der Waals surface area contributed by atoms with E-state index in [-0.39, 0.29) is 23.7 Å². The van der Waals surface area contributed by atoms with Crippen molar-refractivity contribution in [3.63, 3.8) is 0 Å². The molecule has 2 amide bonds. The summed E-state index contributed by atoms with van der Waals surface area (Å²) in [5.74, 6) is -0.430. The zero-order valence-corrected chi connectivity index (χ0v) is 20.7. The smallest absolute Gasteiger partial charge is 0.273 e. The molecule has 3 heterocycles. The van der Waals surface area contributed by atoms with Crippen LogP contribution in [0.4, 0.5) is 4.39 Å². The molecule has 0 aliphatic carbocycles. The molecule has 7 nitrogen and oxygen atoms in total. The first-order valence-electron chi connectivity index (χ1n) is 11.9. The van der Waals surface area contributed by atoms with Crippen LogP contribution in [0.5, 0.6) is 0 Å². The monoisotopic (exact) mass is 488 g/mol. The second kappa shape index (κ2) is 10.5. The number of primary amides is 1. The van der Waals surface area contributed by atoms with Gasteiger partial charge in [-0.1, -0.05) is 26.0 Å². The van der Waals surface area contributed by atoms with Crippen molar-refractivity contribution in [1.82, 2.24) is 14.8 Å². The standard InChI is InChI=1S/C25H33FN4O3S/c1-17(2)23-28-21(15-34-23)24(32)30-11-12-33-25(16-30)7-9-29(10-8-25)14-18-3-5-20(26)19(13-18)4-6-22(27)31/h3,5,13,15,17H,4,6-12,14,16H2,1-2H3,(H2,27,31). The zero-order valence-electron chi connectivity index (χ0n) is 19.9. The fourth-order valence-electron chi connectivity index (χ4n) is 4.69. The molecule has 4 rings (SSSR count). The first-order chi connectivity index (χ1) is 16.2. The van der Waals surface area contributed by atoms with Crippen LogP contribution in [-0.4, -0.2) is 65.0 Å². The Morgan fingerprint density at radius 2 is 2.03 bits per heavy atom. The summed E-state index contributed by atoms with van der Waals surface area (Å²) in [5.41, 5.74) is 6.96. The molecule has 2 aliphatic heterocycles. The van der Waals surface area contributed by atoms with E-state index >= 15 is 0 Å². The lowest BCUT2D eigenvalue weighted by atomic mass is 9.89. The Morgan fingerprint density at radius 3 is 2.71 bits per heavy atom. The predicted octanol–water partition coefficient (Wildman–Crippen LogP) is 3.33. The third-order valence-corrected chi connectivity index (χ3v) is 7.84. The molecular weight excluding hydrogens is 455 g/mol. The number of benzene rings is 1. The van der Waals surface area contributed by atoms with E-state index in [4.69, 9.17) is 10.5 Å². The van der Waals surface area contributed by atoms with Crippen molar-refractivity contribution in [2.75, 3.05) is 32.8 Å². The molecule has 0 saturated carbocycles. The number of nitrogens with two attached hydrogens (primary N) is 1. The van der Waals surface area contributed by atoms with Gasteiger partial charge < -0.3 is 15.4 Å². The molecule has 1 aromatic heterocycles.